The first-order valence-corrected chi connectivity index (χ1v) is 14.8. The largest absolute Gasteiger partial charge is 0.444 e. The summed E-state index contributed by atoms with van der Waals surface area (Å²) in [5, 5.41) is 15.1. The van der Waals surface area contributed by atoms with Crippen LogP contribution in [0.2, 0.25) is 5.02 Å². The van der Waals surface area contributed by atoms with Gasteiger partial charge < -0.3 is 19.3 Å². The Balaban J connectivity index is 1.45. The second kappa shape index (κ2) is 12.4. The van der Waals surface area contributed by atoms with E-state index in [-0.39, 0.29) is 22.9 Å². The molecular formula is C30H32ClN3O6S. The summed E-state index contributed by atoms with van der Waals surface area (Å²) in [6.07, 6.45) is -1.11. The van der Waals surface area contributed by atoms with E-state index in [2.05, 4.69) is 10.1 Å². The van der Waals surface area contributed by atoms with Crippen molar-refractivity contribution in [3.63, 3.8) is 0 Å². The Hall–Kier alpha value is -3.73. The number of benzene rings is 3. The zero-order chi connectivity index (χ0) is 29.8. The highest BCUT2D eigenvalue weighted by atomic mass is 35.5. The number of carbonyl (C=O) groups is 1. The van der Waals surface area contributed by atoms with Gasteiger partial charge in [-0.1, -0.05) is 41.0 Å². The Morgan fingerprint density at radius 3 is 2.24 bits per heavy atom. The molecule has 0 spiro atoms. The van der Waals surface area contributed by atoms with Crippen molar-refractivity contribution in [1.82, 2.24) is 15.0 Å². The van der Waals surface area contributed by atoms with Gasteiger partial charge in [0.2, 0.25) is 21.6 Å². The van der Waals surface area contributed by atoms with Crippen molar-refractivity contribution < 1.29 is 27.6 Å². The molecule has 0 aliphatic carbocycles. The number of hydrogen-bond acceptors (Lipinski definition) is 8. The number of aryl methyl sites for hydroxylation is 1. The number of sulfone groups is 1. The van der Waals surface area contributed by atoms with Crippen LogP contribution in [0.1, 0.15) is 43.9 Å². The molecule has 4 rings (SSSR count). The topological polar surface area (TPSA) is 123 Å². The molecular weight excluding hydrogens is 566 g/mol. The van der Waals surface area contributed by atoms with Crippen LogP contribution in [0, 0.1) is 6.92 Å². The molecule has 0 bridgehead atoms. The SMILES string of the molecule is Cc1nc(-c2ccc(S(=O)(=O)c3ccc(CCN(C[C@@H](O)c4cccc(Cl)c4)C(=O)OC(C)(C)C)cc3)cc2)no1. The average molecular weight is 598 g/mol. The van der Waals surface area contributed by atoms with E-state index in [1.54, 1.807) is 88.4 Å². The Kier molecular flexibility index (Phi) is 9.16. The van der Waals surface area contributed by atoms with Crippen molar-refractivity contribution in [3.05, 3.63) is 94.8 Å². The number of aromatic nitrogens is 2. The molecule has 3 aromatic carbocycles. The van der Waals surface area contributed by atoms with Crippen LogP contribution in [0.15, 0.2) is 87.1 Å². The maximum absolute atomic E-state index is 13.2. The van der Waals surface area contributed by atoms with Gasteiger partial charge in [0.25, 0.3) is 0 Å². The molecule has 0 saturated carbocycles. The lowest BCUT2D eigenvalue weighted by Gasteiger charge is -2.29. The number of rotatable bonds is 9. The summed E-state index contributed by atoms with van der Waals surface area (Å²) in [4.78, 5) is 18.8. The molecule has 9 nitrogen and oxygen atoms in total. The maximum atomic E-state index is 13.2. The Morgan fingerprint density at radius 2 is 1.68 bits per heavy atom. The lowest BCUT2D eigenvalue weighted by Crippen LogP contribution is -2.40. The van der Waals surface area contributed by atoms with E-state index < -0.39 is 27.6 Å². The molecule has 0 unspecified atom stereocenters. The number of aliphatic hydroxyl groups excluding tert-OH is 1. The van der Waals surface area contributed by atoms with Crippen LogP contribution >= 0.6 is 11.6 Å². The predicted octanol–water partition coefficient (Wildman–Crippen LogP) is 6.04. The highest BCUT2D eigenvalue weighted by Crippen LogP contribution is 2.25. The minimum absolute atomic E-state index is 0.00113. The third kappa shape index (κ3) is 7.93. The summed E-state index contributed by atoms with van der Waals surface area (Å²) in [6, 6.07) is 19.6. The van der Waals surface area contributed by atoms with Gasteiger partial charge >= 0.3 is 6.09 Å². The quantitative estimate of drug-likeness (QED) is 0.247. The zero-order valence-electron chi connectivity index (χ0n) is 23.2. The predicted molar refractivity (Wildman–Crippen MR) is 154 cm³/mol. The molecule has 0 radical (unpaired) electrons. The van der Waals surface area contributed by atoms with E-state index in [1.807, 2.05) is 0 Å². The number of carbonyl (C=O) groups excluding carboxylic acids is 1. The van der Waals surface area contributed by atoms with Gasteiger partial charge in [-0.25, -0.2) is 13.2 Å². The lowest BCUT2D eigenvalue weighted by atomic mass is 10.1. The minimum atomic E-state index is -3.76. The Bertz CT molecular complexity index is 1600. The van der Waals surface area contributed by atoms with Gasteiger partial charge in [0.1, 0.15) is 5.60 Å². The molecule has 216 valence electrons. The van der Waals surface area contributed by atoms with Crippen molar-refractivity contribution in [2.75, 3.05) is 13.1 Å². The van der Waals surface area contributed by atoms with E-state index in [9.17, 15) is 18.3 Å². The average Bonchev–Trinajstić information content (AvgIpc) is 3.36. The molecule has 0 aliphatic heterocycles. The Labute approximate surface area is 244 Å². The standard InChI is InChI=1S/C30H32ClN3O6S/c1-20-32-28(33-40-20)22-10-14-26(15-11-22)41(37,38)25-12-8-21(9-13-25)16-17-34(29(36)39-30(2,3)4)19-27(35)23-6-5-7-24(31)18-23/h5-15,18,27,35H,16-17,19H2,1-4H3/t27-/m1/s1. The molecule has 1 N–H and O–H groups in total. The second-order valence-corrected chi connectivity index (χ2v) is 12.9. The molecule has 1 atom stereocenters. The monoisotopic (exact) mass is 597 g/mol. The number of amides is 1. The van der Waals surface area contributed by atoms with Gasteiger partial charge in [0.05, 0.1) is 22.4 Å². The molecule has 1 aromatic heterocycles. The van der Waals surface area contributed by atoms with Crippen LogP contribution in [0.25, 0.3) is 11.4 Å². The number of aliphatic hydroxyl groups is 1. The van der Waals surface area contributed by atoms with Crippen molar-refractivity contribution in [2.45, 2.75) is 55.6 Å². The van der Waals surface area contributed by atoms with Gasteiger partial charge in [-0.2, -0.15) is 4.98 Å². The van der Waals surface area contributed by atoms with Crippen molar-refractivity contribution in [1.29, 1.82) is 0 Å². The van der Waals surface area contributed by atoms with E-state index in [0.717, 1.165) is 5.56 Å². The fraction of sp³-hybridized carbons (Fsp3) is 0.300. The normalized spacial score (nSPS) is 12.6. The van der Waals surface area contributed by atoms with Gasteiger partial charge in [0, 0.05) is 24.1 Å². The molecule has 0 aliphatic rings. The van der Waals surface area contributed by atoms with Crippen LogP contribution in [-0.2, 0) is 21.0 Å². The third-order valence-corrected chi connectivity index (χ3v) is 8.15. The van der Waals surface area contributed by atoms with Crippen LogP contribution in [0.5, 0.6) is 0 Å². The minimum Gasteiger partial charge on any atom is -0.444 e. The van der Waals surface area contributed by atoms with Crippen LogP contribution in [0.3, 0.4) is 0 Å². The lowest BCUT2D eigenvalue weighted by molar-refractivity contribution is 0.0147. The number of halogens is 1. The number of nitrogens with zero attached hydrogens (tertiary/aromatic N) is 3. The van der Waals surface area contributed by atoms with Gasteiger partial charge in [0.15, 0.2) is 0 Å². The molecule has 1 amide bonds. The highest BCUT2D eigenvalue weighted by Gasteiger charge is 2.25. The molecule has 1 heterocycles. The molecule has 41 heavy (non-hydrogen) atoms. The Morgan fingerprint density at radius 1 is 1.05 bits per heavy atom. The van der Waals surface area contributed by atoms with Crippen molar-refractivity contribution in [3.8, 4) is 11.4 Å². The fourth-order valence-corrected chi connectivity index (χ4v) is 5.51. The highest BCUT2D eigenvalue weighted by molar-refractivity contribution is 7.91. The molecule has 4 aromatic rings. The first-order valence-electron chi connectivity index (χ1n) is 13.0. The smallest absolute Gasteiger partial charge is 0.410 e. The first kappa shape index (κ1) is 30.2. The van der Waals surface area contributed by atoms with Crippen LogP contribution < -0.4 is 0 Å². The number of ether oxygens (including phenoxy) is 1. The summed E-state index contributed by atoms with van der Waals surface area (Å²) in [5.74, 6) is 0.805. The maximum Gasteiger partial charge on any atom is 0.410 e. The first-order chi connectivity index (χ1) is 19.3. The molecule has 0 fully saturated rings. The summed E-state index contributed by atoms with van der Waals surface area (Å²) in [6.45, 7) is 7.25. The summed E-state index contributed by atoms with van der Waals surface area (Å²) in [7, 11) is -3.76. The molecule has 0 saturated heterocycles. The fourth-order valence-electron chi connectivity index (χ4n) is 4.05. The van der Waals surface area contributed by atoms with Gasteiger partial charge in [-0.15, -0.1) is 0 Å². The van der Waals surface area contributed by atoms with Crippen molar-refractivity contribution in [2.24, 2.45) is 0 Å². The third-order valence-electron chi connectivity index (χ3n) is 6.13. The van der Waals surface area contributed by atoms with Crippen molar-refractivity contribution >= 4 is 27.5 Å². The van der Waals surface area contributed by atoms with E-state index in [0.29, 0.717) is 34.3 Å². The second-order valence-electron chi connectivity index (χ2n) is 10.6. The van der Waals surface area contributed by atoms with Gasteiger partial charge in [-0.05, 0) is 86.8 Å². The van der Waals surface area contributed by atoms with Crippen LogP contribution in [0.4, 0.5) is 4.79 Å². The summed E-state index contributed by atoms with van der Waals surface area (Å²) in [5.41, 5.74) is 1.33. The van der Waals surface area contributed by atoms with E-state index in [4.69, 9.17) is 20.9 Å². The summed E-state index contributed by atoms with van der Waals surface area (Å²) < 4.78 is 37.0. The molecule has 11 heteroatoms. The van der Waals surface area contributed by atoms with Gasteiger partial charge in [-0.3, -0.25) is 0 Å². The van der Waals surface area contributed by atoms with E-state index in [1.165, 1.54) is 17.0 Å². The summed E-state index contributed by atoms with van der Waals surface area (Å²) >= 11 is 6.07. The van der Waals surface area contributed by atoms with E-state index >= 15 is 0 Å². The van der Waals surface area contributed by atoms with Crippen LogP contribution in [-0.4, -0.2) is 53.3 Å². The number of hydrogen-bond donors (Lipinski definition) is 1. The zero-order valence-corrected chi connectivity index (χ0v) is 24.8.